The fourth-order valence-corrected chi connectivity index (χ4v) is 1.69. The summed E-state index contributed by atoms with van der Waals surface area (Å²) in [4.78, 5) is 22.8. The maximum absolute atomic E-state index is 13.3. The minimum absolute atomic E-state index is 0.0665. The summed E-state index contributed by atoms with van der Waals surface area (Å²) in [6, 6.07) is 11.7. The van der Waals surface area contributed by atoms with E-state index in [1.807, 2.05) is 0 Å². The van der Waals surface area contributed by atoms with E-state index < -0.39 is 17.8 Å². The highest BCUT2D eigenvalue weighted by Gasteiger charge is 2.16. The molecule has 0 spiro atoms. The molecule has 0 bridgehead atoms. The smallest absolute Gasteiger partial charge is 0.343 e. The lowest BCUT2D eigenvalue weighted by molar-refractivity contribution is 0.0633. The minimum Gasteiger partial charge on any atom is -0.478 e. The van der Waals surface area contributed by atoms with E-state index in [1.54, 1.807) is 12.1 Å². The van der Waals surface area contributed by atoms with Crippen LogP contribution in [0.3, 0.4) is 0 Å². The lowest BCUT2D eigenvalue weighted by Crippen LogP contribution is -2.09. The molecular weight excluding hydrogens is 275 g/mol. The number of aromatic carboxylic acids is 1. The first-order chi connectivity index (χ1) is 10.1. The topological polar surface area (TPSA) is 63.6 Å². The molecule has 2 rings (SSSR count). The third kappa shape index (κ3) is 3.54. The van der Waals surface area contributed by atoms with Gasteiger partial charge in [-0.25, -0.2) is 14.0 Å². The average molecular weight is 286 g/mol. The molecule has 0 aliphatic heterocycles. The van der Waals surface area contributed by atoms with Crippen molar-refractivity contribution in [3.63, 3.8) is 0 Å². The van der Waals surface area contributed by atoms with Crippen LogP contribution >= 0.6 is 0 Å². The van der Waals surface area contributed by atoms with Crippen molar-refractivity contribution < 1.29 is 23.8 Å². The van der Waals surface area contributed by atoms with E-state index in [4.69, 9.17) is 9.84 Å². The molecule has 5 heteroatoms. The number of hydrogen-bond donors (Lipinski definition) is 1. The van der Waals surface area contributed by atoms with Crippen LogP contribution in [0.25, 0.3) is 6.08 Å². The SMILES string of the molecule is O=C(O)c1ccccc1C(=O)O/C=C/c1ccccc1F. The zero-order valence-corrected chi connectivity index (χ0v) is 10.8. The Morgan fingerprint density at radius 1 is 1.00 bits per heavy atom. The van der Waals surface area contributed by atoms with Crippen molar-refractivity contribution in [2.75, 3.05) is 0 Å². The highest BCUT2D eigenvalue weighted by Crippen LogP contribution is 2.12. The van der Waals surface area contributed by atoms with Crippen molar-refractivity contribution in [3.8, 4) is 0 Å². The molecular formula is C16H11FO4. The first-order valence-corrected chi connectivity index (χ1v) is 6.04. The molecule has 0 radical (unpaired) electrons. The maximum atomic E-state index is 13.3. The first kappa shape index (κ1) is 14.5. The van der Waals surface area contributed by atoms with Crippen molar-refractivity contribution in [2.24, 2.45) is 0 Å². The summed E-state index contributed by atoms with van der Waals surface area (Å²) in [6.45, 7) is 0. The monoisotopic (exact) mass is 286 g/mol. The summed E-state index contributed by atoms with van der Waals surface area (Å²) >= 11 is 0. The molecule has 1 N–H and O–H groups in total. The number of rotatable bonds is 4. The lowest BCUT2D eigenvalue weighted by Gasteiger charge is -2.03. The molecule has 0 heterocycles. The molecule has 4 nitrogen and oxygen atoms in total. The molecule has 0 atom stereocenters. The second-order valence-corrected chi connectivity index (χ2v) is 4.08. The van der Waals surface area contributed by atoms with Gasteiger partial charge in [0.1, 0.15) is 5.82 Å². The van der Waals surface area contributed by atoms with Gasteiger partial charge in [-0.2, -0.15) is 0 Å². The minimum atomic E-state index is -1.22. The Morgan fingerprint density at radius 3 is 2.29 bits per heavy atom. The standard InChI is InChI=1S/C16H11FO4/c17-14-8-4-1-5-11(14)9-10-21-16(20)13-7-3-2-6-12(13)15(18)19/h1-10H,(H,18,19)/b10-9+. The molecule has 0 amide bonds. The Balaban J connectivity index is 2.13. The molecule has 2 aromatic carbocycles. The molecule has 0 fully saturated rings. The molecule has 0 aromatic heterocycles. The number of benzene rings is 2. The number of carboxylic acids is 1. The van der Waals surface area contributed by atoms with Gasteiger partial charge < -0.3 is 9.84 Å². The van der Waals surface area contributed by atoms with Crippen LogP contribution in [0, 0.1) is 5.82 Å². The van der Waals surface area contributed by atoms with Crippen LogP contribution in [-0.4, -0.2) is 17.0 Å². The average Bonchev–Trinajstić information content (AvgIpc) is 2.49. The molecule has 0 aliphatic carbocycles. The van der Waals surface area contributed by atoms with Gasteiger partial charge in [-0.3, -0.25) is 0 Å². The fraction of sp³-hybridized carbons (Fsp3) is 0. The van der Waals surface area contributed by atoms with Crippen LogP contribution in [0.5, 0.6) is 0 Å². The van der Waals surface area contributed by atoms with Gasteiger partial charge in [0.2, 0.25) is 0 Å². The molecule has 2 aromatic rings. The number of carboxylic acid groups (broad SMARTS) is 1. The van der Waals surface area contributed by atoms with E-state index in [1.165, 1.54) is 42.5 Å². The zero-order chi connectivity index (χ0) is 15.2. The lowest BCUT2D eigenvalue weighted by atomic mass is 10.1. The van der Waals surface area contributed by atoms with Crippen molar-refractivity contribution >= 4 is 18.0 Å². The number of carbonyl (C=O) groups is 2. The summed E-state index contributed by atoms with van der Waals surface area (Å²) in [5.74, 6) is -2.49. The van der Waals surface area contributed by atoms with E-state index in [2.05, 4.69) is 0 Å². The zero-order valence-electron chi connectivity index (χ0n) is 10.8. The largest absolute Gasteiger partial charge is 0.478 e. The number of ether oxygens (including phenoxy) is 1. The third-order valence-electron chi connectivity index (χ3n) is 2.71. The number of hydrogen-bond acceptors (Lipinski definition) is 3. The van der Waals surface area contributed by atoms with Gasteiger partial charge in [-0.15, -0.1) is 0 Å². The van der Waals surface area contributed by atoms with E-state index in [-0.39, 0.29) is 16.7 Å². The van der Waals surface area contributed by atoms with Gasteiger partial charge in [-0.1, -0.05) is 30.3 Å². The van der Waals surface area contributed by atoms with Crippen LogP contribution in [0.1, 0.15) is 26.3 Å². The molecule has 0 saturated heterocycles. The van der Waals surface area contributed by atoms with Gasteiger partial charge in [0.05, 0.1) is 17.4 Å². The van der Waals surface area contributed by atoms with Gasteiger partial charge in [-0.05, 0) is 24.3 Å². The Hall–Kier alpha value is -2.95. The predicted octanol–water partition coefficient (Wildman–Crippen LogP) is 3.35. The number of halogens is 1. The van der Waals surface area contributed by atoms with E-state index in [0.717, 1.165) is 6.26 Å². The highest BCUT2D eigenvalue weighted by molar-refractivity contribution is 6.02. The van der Waals surface area contributed by atoms with Crippen LogP contribution < -0.4 is 0 Å². The fourth-order valence-electron chi connectivity index (χ4n) is 1.69. The second kappa shape index (κ2) is 6.47. The summed E-state index contributed by atoms with van der Waals surface area (Å²) < 4.78 is 18.2. The molecule has 0 saturated carbocycles. The summed E-state index contributed by atoms with van der Waals surface area (Å²) in [5.41, 5.74) is 0.0433. The highest BCUT2D eigenvalue weighted by atomic mass is 19.1. The summed E-state index contributed by atoms with van der Waals surface area (Å²) in [5, 5.41) is 8.98. The number of esters is 1. The van der Waals surface area contributed by atoms with Crippen LogP contribution in [0.2, 0.25) is 0 Å². The van der Waals surface area contributed by atoms with Gasteiger partial charge >= 0.3 is 11.9 Å². The molecule has 106 valence electrons. The molecule has 0 unspecified atom stereocenters. The maximum Gasteiger partial charge on any atom is 0.343 e. The predicted molar refractivity (Wildman–Crippen MR) is 74.3 cm³/mol. The van der Waals surface area contributed by atoms with Gasteiger partial charge in [0.25, 0.3) is 0 Å². The second-order valence-electron chi connectivity index (χ2n) is 4.08. The van der Waals surface area contributed by atoms with Crippen molar-refractivity contribution in [1.29, 1.82) is 0 Å². The van der Waals surface area contributed by atoms with Crippen molar-refractivity contribution in [1.82, 2.24) is 0 Å². The Bertz CT molecular complexity index is 707. The third-order valence-corrected chi connectivity index (χ3v) is 2.71. The van der Waals surface area contributed by atoms with Gasteiger partial charge in [0.15, 0.2) is 0 Å². The van der Waals surface area contributed by atoms with Crippen molar-refractivity contribution in [2.45, 2.75) is 0 Å². The van der Waals surface area contributed by atoms with Crippen LogP contribution in [-0.2, 0) is 4.74 Å². The van der Waals surface area contributed by atoms with Gasteiger partial charge in [0, 0.05) is 5.56 Å². The van der Waals surface area contributed by atoms with Crippen molar-refractivity contribution in [3.05, 3.63) is 77.3 Å². The summed E-state index contributed by atoms with van der Waals surface area (Å²) in [7, 11) is 0. The van der Waals surface area contributed by atoms with E-state index >= 15 is 0 Å². The summed E-state index contributed by atoms with van der Waals surface area (Å²) in [6.07, 6.45) is 2.32. The normalized spacial score (nSPS) is 10.5. The Labute approximate surface area is 120 Å². The molecule has 21 heavy (non-hydrogen) atoms. The quantitative estimate of drug-likeness (QED) is 0.691. The number of carbonyl (C=O) groups excluding carboxylic acids is 1. The van der Waals surface area contributed by atoms with E-state index in [0.29, 0.717) is 0 Å². The van der Waals surface area contributed by atoms with E-state index in [9.17, 15) is 14.0 Å². The Morgan fingerprint density at radius 2 is 1.62 bits per heavy atom. The van der Waals surface area contributed by atoms with Crippen LogP contribution in [0.15, 0.2) is 54.8 Å². The molecule has 0 aliphatic rings. The van der Waals surface area contributed by atoms with Crippen LogP contribution in [0.4, 0.5) is 4.39 Å². The Kier molecular flexibility index (Phi) is 4.46. The first-order valence-electron chi connectivity index (χ1n) is 6.04.